The maximum Gasteiger partial charge on any atom is 0.318 e. The van der Waals surface area contributed by atoms with Gasteiger partial charge in [-0.1, -0.05) is 5.10 Å². The monoisotopic (exact) mass is 446 g/mol. The van der Waals surface area contributed by atoms with Crippen LogP contribution in [-0.2, 0) is 4.74 Å². The zero-order valence-electron chi connectivity index (χ0n) is 18.7. The van der Waals surface area contributed by atoms with E-state index in [1.807, 2.05) is 0 Å². The second-order valence-electron chi connectivity index (χ2n) is 10.0. The van der Waals surface area contributed by atoms with Gasteiger partial charge >= 0.3 is 6.01 Å². The molecule has 32 heavy (non-hydrogen) atoms. The average Bonchev–Trinajstić information content (AvgIpc) is 3.41. The lowest BCUT2D eigenvalue weighted by molar-refractivity contribution is -0.0216. The summed E-state index contributed by atoms with van der Waals surface area (Å²) in [5, 5.41) is 17.7. The van der Waals surface area contributed by atoms with Gasteiger partial charge in [-0.25, -0.2) is 4.39 Å². The van der Waals surface area contributed by atoms with Crippen LogP contribution in [0.1, 0.15) is 44.6 Å². The van der Waals surface area contributed by atoms with Crippen LogP contribution >= 0.6 is 0 Å². The first-order valence-corrected chi connectivity index (χ1v) is 11.3. The Morgan fingerprint density at radius 3 is 2.75 bits per heavy atom. The largest absolute Gasteiger partial charge is 0.490 e. The topological polar surface area (TPSA) is 84.1 Å². The van der Waals surface area contributed by atoms with Crippen LogP contribution in [0.4, 0.5) is 10.4 Å². The van der Waals surface area contributed by atoms with Crippen molar-refractivity contribution in [2.75, 3.05) is 44.3 Å². The molecule has 0 amide bonds. The van der Waals surface area contributed by atoms with Crippen molar-refractivity contribution in [3.8, 4) is 5.75 Å². The van der Waals surface area contributed by atoms with Crippen LogP contribution in [-0.4, -0.2) is 76.8 Å². The zero-order valence-corrected chi connectivity index (χ0v) is 18.7. The summed E-state index contributed by atoms with van der Waals surface area (Å²) in [4.78, 5) is 4.57. The highest BCUT2D eigenvalue weighted by Gasteiger charge is 2.52. The van der Waals surface area contributed by atoms with Crippen LogP contribution in [0.5, 0.6) is 5.75 Å². The molecule has 8 nitrogen and oxygen atoms in total. The molecule has 0 aliphatic carbocycles. The summed E-state index contributed by atoms with van der Waals surface area (Å²) >= 11 is 0. The summed E-state index contributed by atoms with van der Waals surface area (Å²) < 4.78 is 31.4. The van der Waals surface area contributed by atoms with E-state index in [9.17, 15) is 9.50 Å². The van der Waals surface area contributed by atoms with E-state index in [0.29, 0.717) is 17.8 Å². The predicted octanol–water partition coefficient (Wildman–Crippen LogP) is 2.59. The third-order valence-corrected chi connectivity index (χ3v) is 6.81. The van der Waals surface area contributed by atoms with E-state index in [1.54, 1.807) is 26.0 Å². The number of anilines is 1. The molecule has 0 bridgehead atoms. The predicted molar refractivity (Wildman–Crippen MR) is 115 cm³/mol. The Morgan fingerprint density at radius 1 is 1.28 bits per heavy atom. The fourth-order valence-electron chi connectivity index (χ4n) is 5.16. The van der Waals surface area contributed by atoms with Crippen molar-refractivity contribution in [3.63, 3.8) is 0 Å². The Kier molecular flexibility index (Phi) is 5.59. The SMILES string of the molecule is CC(C)(O)COc1ccc(F)cc1C1CCN([C@@H]2COC3(C2)CN(c2nnco2)C3)CC1. The molecule has 1 atom stereocenters. The first kappa shape index (κ1) is 21.6. The molecule has 4 heterocycles. The molecule has 2 aromatic rings. The van der Waals surface area contributed by atoms with Crippen molar-refractivity contribution < 1.29 is 23.4 Å². The summed E-state index contributed by atoms with van der Waals surface area (Å²) in [7, 11) is 0. The first-order chi connectivity index (χ1) is 15.3. The Bertz CT molecular complexity index is 919. The fraction of sp³-hybridized carbons (Fsp3) is 0.652. The lowest BCUT2D eigenvalue weighted by Crippen LogP contribution is -2.62. The summed E-state index contributed by atoms with van der Waals surface area (Å²) in [5.74, 6) is 0.664. The Hall–Kier alpha value is -2.23. The Labute approximate surface area is 187 Å². The van der Waals surface area contributed by atoms with E-state index >= 15 is 0 Å². The number of likely N-dealkylation sites (tertiary alicyclic amines) is 1. The van der Waals surface area contributed by atoms with Crippen molar-refractivity contribution in [1.82, 2.24) is 15.1 Å². The van der Waals surface area contributed by atoms with Gasteiger partial charge in [0.25, 0.3) is 0 Å². The molecule has 3 fully saturated rings. The normalized spacial score (nSPS) is 24.1. The van der Waals surface area contributed by atoms with Crippen LogP contribution in [0.3, 0.4) is 0 Å². The standard InChI is InChI=1S/C23H31FN4O4/c1-22(2,29)14-30-20-4-3-17(24)9-19(20)16-5-7-27(8-6-16)18-10-23(32-11-18)12-28(13-23)21-26-25-15-31-21/h3-4,9,15-16,18,29H,5-8,10-14H2,1-2H3/t18-/m0/s1. The molecule has 0 radical (unpaired) electrons. The number of hydrogen-bond acceptors (Lipinski definition) is 8. The van der Waals surface area contributed by atoms with E-state index in [-0.39, 0.29) is 23.9 Å². The molecule has 1 aromatic carbocycles. The number of rotatable bonds is 6. The molecule has 5 rings (SSSR count). The molecular formula is C23H31FN4O4. The number of aromatic nitrogens is 2. The summed E-state index contributed by atoms with van der Waals surface area (Å²) in [6, 6.07) is 5.65. The fourth-order valence-corrected chi connectivity index (χ4v) is 5.16. The highest BCUT2D eigenvalue weighted by atomic mass is 19.1. The number of piperidine rings is 1. The quantitative estimate of drug-likeness (QED) is 0.725. The number of nitrogens with zero attached hydrogens (tertiary/aromatic N) is 4. The minimum atomic E-state index is -0.936. The van der Waals surface area contributed by atoms with Crippen molar-refractivity contribution in [1.29, 1.82) is 0 Å². The van der Waals surface area contributed by atoms with Gasteiger partial charge in [0.1, 0.15) is 23.8 Å². The maximum atomic E-state index is 14.0. The van der Waals surface area contributed by atoms with Crippen LogP contribution in [0.2, 0.25) is 0 Å². The molecule has 1 spiro atoms. The van der Waals surface area contributed by atoms with Crippen LogP contribution in [0.25, 0.3) is 0 Å². The van der Waals surface area contributed by atoms with Gasteiger partial charge in [-0.15, -0.1) is 5.10 Å². The smallest absolute Gasteiger partial charge is 0.318 e. The molecule has 3 aliphatic heterocycles. The summed E-state index contributed by atoms with van der Waals surface area (Å²) in [5.41, 5.74) is -0.146. The molecule has 1 N–H and O–H groups in total. The van der Waals surface area contributed by atoms with Crippen molar-refractivity contribution in [2.45, 2.75) is 56.3 Å². The molecule has 9 heteroatoms. The van der Waals surface area contributed by atoms with Gasteiger partial charge < -0.3 is 23.9 Å². The van der Waals surface area contributed by atoms with E-state index < -0.39 is 5.60 Å². The van der Waals surface area contributed by atoms with Gasteiger partial charge in [0.15, 0.2) is 0 Å². The van der Waals surface area contributed by atoms with Gasteiger partial charge in [0.2, 0.25) is 6.39 Å². The second kappa shape index (κ2) is 8.28. The van der Waals surface area contributed by atoms with E-state index in [1.165, 1.54) is 12.5 Å². The maximum absolute atomic E-state index is 14.0. The molecule has 0 saturated carbocycles. The minimum absolute atomic E-state index is 0.114. The number of halogens is 1. The van der Waals surface area contributed by atoms with Gasteiger partial charge in [0.05, 0.1) is 25.3 Å². The number of hydrogen-bond donors (Lipinski definition) is 1. The Morgan fingerprint density at radius 2 is 2.06 bits per heavy atom. The molecule has 0 unspecified atom stereocenters. The third-order valence-electron chi connectivity index (χ3n) is 6.81. The molecule has 1 aromatic heterocycles. The zero-order chi connectivity index (χ0) is 22.3. The van der Waals surface area contributed by atoms with Crippen LogP contribution in [0, 0.1) is 5.82 Å². The van der Waals surface area contributed by atoms with E-state index in [2.05, 4.69) is 20.0 Å². The lowest BCUT2D eigenvalue weighted by Gasteiger charge is -2.46. The van der Waals surface area contributed by atoms with Crippen molar-refractivity contribution in [2.24, 2.45) is 0 Å². The number of benzene rings is 1. The van der Waals surface area contributed by atoms with Crippen LogP contribution in [0.15, 0.2) is 29.0 Å². The third kappa shape index (κ3) is 4.46. The van der Waals surface area contributed by atoms with Gasteiger partial charge in [-0.3, -0.25) is 4.90 Å². The summed E-state index contributed by atoms with van der Waals surface area (Å²) in [6.07, 6.45) is 4.24. The second-order valence-corrected chi connectivity index (χ2v) is 10.0. The van der Waals surface area contributed by atoms with Crippen molar-refractivity contribution in [3.05, 3.63) is 36.0 Å². The number of aliphatic hydroxyl groups is 1. The average molecular weight is 447 g/mol. The van der Waals surface area contributed by atoms with E-state index in [4.69, 9.17) is 13.9 Å². The highest BCUT2D eigenvalue weighted by molar-refractivity contribution is 5.37. The molecular weight excluding hydrogens is 415 g/mol. The summed E-state index contributed by atoms with van der Waals surface area (Å²) in [6.45, 7) is 7.78. The van der Waals surface area contributed by atoms with Gasteiger partial charge in [-0.2, -0.15) is 0 Å². The Balaban J connectivity index is 1.16. The van der Waals surface area contributed by atoms with E-state index in [0.717, 1.165) is 57.6 Å². The number of ether oxygens (including phenoxy) is 2. The highest BCUT2D eigenvalue weighted by Crippen LogP contribution is 2.41. The molecule has 3 aliphatic rings. The molecule has 3 saturated heterocycles. The first-order valence-electron chi connectivity index (χ1n) is 11.3. The van der Waals surface area contributed by atoms with Gasteiger partial charge in [-0.05, 0) is 70.3 Å². The van der Waals surface area contributed by atoms with Crippen LogP contribution < -0.4 is 9.64 Å². The molecule has 174 valence electrons. The van der Waals surface area contributed by atoms with Gasteiger partial charge in [0, 0.05) is 11.6 Å². The lowest BCUT2D eigenvalue weighted by atomic mass is 9.86. The minimum Gasteiger partial charge on any atom is -0.490 e. The van der Waals surface area contributed by atoms with Crippen molar-refractivity contribution >= 4 is 6.01 Å².